The van der Waals surface area contributed by atoms with Crippen molar-refractivity contribution < 1.29 is 17.9 Å². The van der Waals surface area contributed by atoms with Gasteiger partial charge in [0, 0.05) is 11.1 Å². The molecule has 0 unspecified atom stereocenters. The van der Waals surface area contributed by atoms with E-state index >= 15 is 0 Å². The van der Waals surface area contributed by atoms with E-state index in [1.807, 2.05) is 6.92 Å². The minimum absolute atomic E-state index is 0.0974. The maximum absolute atomic E-state index is 13.5. The summed E-state index contributed by atoms with van der Waals surface area (Å²) in [6.07, 6.45) is 6.74. The van der Waals surface area contributed by atoms with Gasteiger partial charge in [0.2, 0.25) is 0 Å². The third kappa shape index (κ3) is 5.04. The standard InChI is InChI=1S/C24H29ClN2O4S/c1-17-9-12-20(13-10-17)32(29,30)27-16-23(31-22-14-11-18(25)15-21(22)27)24(28)26-19-7-5-3-2-4-6-8-19/h9-15,19,23H,2-8,16H2,1H3,(H,26,28)/t23-/m0/s1. The molecule has 6 nitrogen and oxygen atoms in total. The molecular formula is C24H29ClN2O4S. The summed E-state index contributed by atoms with van der Waals surface area (Å²) in [5.41, 5.74) is 1.30. The van der Waals surface area contributed by atoms with E-state index in [1.54, 1.807) is 42.5 Å². The molecule has 8 heteroatoms. The molecule has 1 heterocycles. The molecule has 0 radical (unpaired) electrons. The number of anilines is 1. The molecular weight excluding hydrogens is 448 g/mol. The number of carbonyl (C=O) groups is 1. The van der Waals surface area contributed by atoms with Crippen LogP contribution in [0.3, 0.4) is 0 Å². The van der Waals surface area contributed by atoms with E-state index in [2.05, 4.69) is 5.32 Å². The highest BCUT2D eigenvalue weighted by Crippen LogP contribution is 2.39. The van der Waals surface area contributed by atoms with Crippen LogP contribution in [0.2, 0.25) is 5.02 Å². The van der Waals surface area contributed by atoms with Crippen LogP contribution in [-0.4, -0.2) is 33.0 Å². The number of fused-ring (bicyclic) bond motifs is 1. The van der Waals surface area contributed by atoms with Crippen molar-refractivity contribution >= 4 is 33.2 Å². The van der Waals surface area contributed by atoms with Gasteiger partial charge in [0.1, 0.15) is 5.75 Å². The molecule has 1 saturated carbocycles. The monoisotopic (exact) mass is 476 g/mol. The number of nitrogens with zero attached hydrogens (tertiary/aromatic N) is 1. The van der Waals surface area contributed by atoms with Gasteiger partial charge in [-0.15, -0.1) is 0 Å². The van der Waals surface area contributed by atoms with Gasteiger partial charge < -0.3 is 10.1 Å². The van der Waals surface area contributed by atoms with Gasteiger partial charge in [-0.1, -0.05) is 61.4 Å². The van der Waals surface area contributed by atoms with E-state index < -0.39 is 16.1 Å². The van der Waals surface area contributed by atoms with Gasteiger partial charge in [-0.05, 0) is 50.1 Å². The molecule has 0 aromatic heterocycles. The number of rotatable bonds is 4. The van der Waals surface area contributed by atoms with Crippen LogP contribution in [0.25, 0.3) is 0 Å². The normalized spacial score (nSPS) is 19.9. The molecule has 172 valence electrons. The number of hydrogen-bond donors (Lipinski definition) is 1. The lowest BCUT2D eigenvalue weighted by Crippen LogP contribution is -2.52. The van der Waals surface area contributed by atoms with E-state index in [4.69, 9.17) is 16.3 Å². The summed E-state index contributed by atoms with van der Waals surface area (Å²) < 4.78 is 34.2. The molecule has 1 N–H and O–H groups in total. The van der Waals surface area contributed by atoms with Gasteiger partial charge in [-0.25, -0.2) is 8.42 Å². The first kappa shape index (κ1) is 22.9. The number of amides is 1. The Labute approximate surface area is 195 Å². The van der Waals surface area contributed by atoms with Crippen molar-refractivity contribution in [3.8, 4) is 5.75 Å². The molecule has 2 aromatic carbocycles. The lowest BCUT2D eigenvalue weighted by atomic mass is 9.96. The summed E-state index contributed by atoms with van der Waals surface area (Å²) in [6.45, 7) is 1.79. The molecule has 0 spiro atoms. The van der Waals surface area contributed by atoms with Crippen molar-refractivity contribution in [1.29, 1.82) is 0 Å². The highest BCUT2D eigenvalue weighted by molar-refractivity contribution is 7.92. The highest BCUT2D eigenvalue weighted by Gasteiger charge is 2.38. The van der Waals surface area contributed by atoms with Crippen LogP contribution in [0.1, 0.15) is 50.5 Å². The zero-order valence-corrected chi connectivity index (χ0v) is 19.8. The fourth-order valence-electron chi connectivity index (χ4n) is 4.32. The lowest BCUT2D eigenvalue weighted by Gasteiger charge is -2.35. The second kappa shape index (κ2) is 9.71. The Morgan fingerprint density at radius 1 is 1.03 bits per heavy atom. The summed E-state index contributed by atoms with van der Waals surface area (Å²) in [7, 11) is -3.90. The topological polar surface area (TPSA) is 75.7 Å². The molecule has 1 aliphatic heterocycles. The Morgan fingerprint density at radius 2 is 1.69 bits per heavy atom. The first-order valence-corrected chi connectivity index (χ1v) is 13.0. The Kier molecular flexibility index (Phi) is 6.96. The maximum atomic E-state index is 13.5. The van der Waals surface area contributed by atoms with Crippen LogP contribution < -0.4 is 14.4 Å². The molecule has 1 amide bonds. The fraction of sp³-hybridized carbons (Fsp3) is 0.458. The van der Waals surface area contributed by atoms with Crippen molar-refractivity contribution in [2.24, 2.45) is 0 Å². The SMILES string of the molecule is Cc1ccc(S(=O)(=O)N2C[C@@H](C(=O)NC3CCCCCCC3)Oc3ccc(Cl)cc32)cc1. The average Bonchev–Trinajstić information content (AvgIpc) is 2.75. The van der Waals surface area contributed by atoms with Crippen molar-refractivity contribution in [2.75, 3.05) is 10.8 Å². The van der Waals surface area contributed by atoms with Crippen LogP contribution in [-0.2, 0) is 14.8 Å². The summed E-state index contributed by atoms with van der Waals surface area (Å²) in [6, 6.07) is 11.6. The molecule has 0 saturated heterocycles. The Hall–Kier alpha value is -2.25. The number of nitrogens with one attached hydrogen (secondary N) is 1. The van der Waals surface area contributed by atoms with Crippen molar-refractivity contribution in [2.45, 2.75) is 68.9 Å². The quantitative estimate of drug-likeness (QED) is 0.685. The van der Waals surface area contributed by atoms with Gasteiger partial charge in [-0.2, -0.15) is 0 Å². The van der Waals surface area contributed by atoms with Crippen LogP contribution in [0, 0.1) is 6.92 Å². The third-order valence-electron chi connectivity index (χ3n) is 6.14. The van der Waals surface area contributed by atoms with Crippen molar-refractivity contribution in [3.63, 3.8) is 0 Å². The third-order valence-corrected chi connectivity index (χ3v) is 8.17. The second-order valence-electron chi connectivity index (χ2n) is 8.62. The van der Waals surface area contributed by atoms with Crippen LogP contribution in [0.5, 0.6) is 5.75 Å². The molecule has 1 aliphatic carbocycles. The van der Waals surface area contributed by atoms with E-state index in [9.17, 15) is 13.2 Å². The van der Waals surface area contributed by atoms with Crippen LogP contribution in [0.15, 0.2) is 47.4 Å². The second-order valence-corrected chi connectivity index (χ2v) is 10.9. The van der Waals surface area contributed by atoms with Gasteiger partial charge in [0.15, 0.2) is 6.10 Å². The summed E-state index contributed by atoms with van der Waals surface area (Å²) in [5.74, 6) is 0.0504. The largest absolute Gasteiger partial charge is 0.476 e. The van der Waals surface area contributed by atoms with Gasteiger partial charge in [-0.3, -0.25) is 9.10 Å². The zero-order chi connectivity index (χ0) is 22.7. The average molecular weight is 477 g/mol. The smallest absolute Gasteiger partial charge is 0.264 e. The lowest BCUT2D eigenvalue weighted by molar-refractivity contribution is -0.128. The van der Waals surface area contributed by atoms with Gasteiger partial charge >= 0.3 is 0 Å². The molecule has 0 bridgehead atoms. The fourth-order valence-corrected chi connectivity index (χ4v) is 5.95. The van der Waals surface area contributed by atoms with Crippen LogP contribution >= 0.6 is 11.6 Å². The first-order chi connectivity index (χ1) is 15.3. The minimum Gasteiger partial charge on any atom is -0.476 e. The molecule has 2 aromatic rings. The summed E-state index contributed by atoms with van der Waals surface area (Å²) in [4.78, 5) is 13.3. The number of carbonyl (C=O) groups excluding carboxylic acids is 1. The highest BCUT2D eigenvalue weighted by atomic mass is 35.5. The number of benzene rings is 2. The predicted molar refractivity (Wildman–Crippen MR) is 126 cm³/mol. The van der Waals surface area contributed by atoms with Crippen molar-refractivity contribution in [1.82, 2.24) is 5.32 Å². The molecule has 1 fully saturated rings. The first-order valence-electron chi connectivity index (χ1n) is 11.2. The predicted octanol–water partition coefficient (Wildman–Crippen LogP) is 4.83. The molecule has 4 rings (SSSR count). The van der Waals surface area contributed by atoms with E-state index in [-0.39, 0.29) is 23.4 Å². The van der Waals surface area contributed by atoms with E-state index in [1.165, 1.54) is 23.6 Å². The zero-order valence-electron chi connectivity index (χ0n) is 18.2. The van der Waals surface area contributed by atoms with Crippen LogP contribution in [0.4, 0.5) is 5.69 Å². The van der Waals surface area contributed by atoms with Gasteiger partial charge in [0.25, 0.3) is 15.9 Å². The molecule has 1 atom stereocenters. The number of ether oxygens (including phenoxy) is 1. The van der Waals surface area contributed by atoms with E-state index in [0.29, 0.717) is 16.5 Å². The number of sulfonamides is 1. The minimum atomic E-state index is -3.90. The molecule has 32 heavy (non-hydrogen) atoms. The Bertz CT molecular complexity index is 1060. The summed E-state index contributed by atoms with van der Waals surface area (Å²) in [5, 5.41) is 3.50. The molecule has 2 aliphatic rings. The Balaban J connectivity index is 1.61. The van der Waals surface area contributed by atoms with E-state index in [0.717, 1.165) is 31.2 Å². The Morgan fingerprint density at radius 3 is 2.38 bits per heavy atom. The maximum Gasteiger partial charge on any atom is 0.264 e. The number of hydrogen-bond acceptors (Lipinski definition) is 4. The number of aryl methyl sites for hydroxylation is 1. The number of halogens is 1. The summed E-state index contributed by atoms with van der Waals surface area (Å²) >= 11 is 6.16. The van der Waals surface area contributed by atoms with Crippen molar-refractivity contribution in [3.05, 3.63) is 53.1 Å². The van der Waals surface area contributed by atoms with Gasteiger partial charge in [0.05, 0.1) is 17.1 Å².